The number of carbonyl (C=O) groups is 1. The Balaban J connectivity index is 1.91. The van der Waals surface area contributed by atoms with Crippen LogP contribution in [0.5, 0.6) is 0 Å². The van der Waals surface area contributed by atoms with Crippen LogP contribution in [0.2, 0.25) is 0 Å². The molecule has 0 aliphatic carbocycles. The van der Waals surface area contributed by atoms with Crippen molar-refractivity contribution in [1.29, 1.82) is 0 Å². The Hall–Kier alpha value is -1.14. The van der Waals surface area contributed by atoms with Gasteiger partial charge in [0.15, 0.2) is 5.13 Å². The second-order valence-electron chi connectivity index (χ2n) is 4.29. The molecule has 5 nitrogen and oxygen atoms in total. The zero-order valence-electron chi connectivity index (χ0n) is 10.7. The monoisotopic (exact) mass is 270 g/mol. The lowest BCUT2D eigenvalue weighted by molar-refractivity contribution is 0.0247. The van der Waals surface area contributed by atoms with Crippen molar-refractivity contribution in [3.63, 3.8) is 0 Å². The van der Waals surface area contributed by atoms with E-state index in [1.807, 2.05) is 6.92 Å². The van der Waals surface area contributed by atoms with Crippen molar-refractivity contribution in [1.82, 2.24) is 4.98 Å². The highest BCUT2D eigenvalue weighted by molar-refractivity contribution is 7.17. The second kappa shape index (κ2) is 6.15. The fourth-order valence-electron chi connectivity index (χ4n) is 1.92. The molecule has 100 valence electrons. The van der Waals surface area contributed by atoms with Gasteiger partial charge in [-0.25, -0.2) is 9.78 Å². The van der Waals surface area contributed by atoms with Gasteiger partial charge >= 0.3 is 5.97 Å². The quantitative estimate of drug-likeness (QED) is 0.850. The first-order valence-electron chi connectivity index (χ1n) is 6.12. The lowest BCUT2D eigenvalue weighted by Gasteiger charge is -2.22. The van der Waals surface area contributed by atoms with Crippen LogP contribution in [0.15, 0.2) is 0 Å². The lowest BCUT2D eigenvalue weighted by atomic mass is 10.1. The van der Waals surface area contributed by atoms with E-state index in [4.69, 9.17) is 9.47 Å². The summed E-state index contributed by atoms with van der Waals surface area (Å²) in [7, 11) is 1.38. The van der Waals surface area contributed by atoms with Crippen LogP contribution in [0.1, 0.15) is 34.6 Å². The number of esters is 1. The number of anilines is 1. The Labute approximate surface area is 111 Å². The van der Waals surface area contributed by atoms with Crippen LogP contribution in [0.4, 0.5) is 5.13 Å². The SMILES string of the molecule is COC(=O)c1sc(NCC2CCCCO2)nc1C. The summed E-state index contributed by atoms with van der Waals surface area (Å²) in [5.41, 5.74) is 0.707. The van der Waals surface area contributed by atoms with Crippen molar-refractivity contribution in [2.24, 2.45) is 0 Å². The van der Waals surface area contributed by atoms with Crippen molar-refractivity contribution in [2.75, 3.05) is 25.6 Å². The summed E-state index contributed by atoms with van der Waals surface area (Å²) in [5.74, 6) is -0.327. The molecule has 0 radical (unpaired) electrons. The van der Waals surface area contributed by atoms with E-state index in [-0.39, 0.29) is 12.1 Å². The fourth-order valence-corrected chi connectivity index (χ4v) is 2.82. The molecule has 0 spiro atoms. The van der Waals surface area contributed by atoms with Gasteiger partial charge in [0.1, 0.15) is 4.88 Å². The lowest BCUT2D eigenvalue weighted by Crippen LogP contribution is -2.26. The van der Waals surface area contributed by atoms with E-state index in [0.717, 1.165) is 31.1 Å². The molecular weight excluding hydrogens is 252 g/mol. The van der Waals surface area contributed by atoms with E-state index in [2.05, 4.69) is 10.3 Å². The molecule has 1 unspecified atom stereocenters. The molecule has 0 amide bonds. The highest BCUT2D eigenvalue weighted by atomic mass is 32.1. The van der Waals surface area contributed by atoms with Gasteiger partial charge in [-0.3, -0.25) is 0 Å². The van der Waals surface area contributed by atoms with Crippen molar-refractivity contribution < 1.29 is 14.3 Å². The standard InChI is InChI=1S/C12H18N2O3S/c1-8-10(11(15)16-2)18-12(14-8)13-7-9-5-3-4-6-17-9/h9H,3-7H2,1-2H3,(H,13,14). The van der Waals surface area contributed by atoms with E-state index in [9.17, 15) is 4.79 Å². The number of ether oxygens (including phenoxy) is 2. The normalized spacial score (nSPS) is 19.6. The summed E-state index contributed by atoms with van der Waals surface area (Å²) in [6.45, 7) is 3.40. The van der Waals surface area contributed by atoms with Gasteiger partial charge in [-0.1, -0.05) is 11.3 Å². The van der Waals surface area contributed by atoms with Crippen molar-refractivity contribution >= 4 is 22.4 Å². The summed E-state index contributed by atoms with van der Waals surface area (Å²) >= 11 is 1.33. The number of aromatic nitrogens is 1. The maximum absolute atomic E-state index is 11.4. The molecule has 0 bridgehead atoms. The third-order valence-corrected chi connectivity index (χ3v) is 4.02. The molecule has 2 heterocycles. The second-order valence-corrected chi connectivity index (χ2v) is 5.29. The summed E-state index contributed by atoms with van der Waals surface area (Å²) in [6.07, 6.45) is 3.71. The highest BCUT2D eigenvalue weighted by Crippen LogP contribution is 2.23. The molecule has 1 aromatic heterocycles. The summed E-state index contributed by atoms with van der Waals surface area (Å²) in [4.78, 5) is 16.3. The molecule has 1 aliphatic heterocycles. The summed E-state index contributed by atoms with van der Waals surface area (Å²) in [5, 5.41) is 3.98. The minimum atomic E-state index is -0.327. The molecule has 1 atom stereocenters. The maximum Gasteiger partial charge on any atom is 0.350 e. The predicted octanol–water partition coefficient (Wildman–Crippen LogP) is 2.22. The van der Waals surface area contributed by atoms with Gasteiger partial charge < -0.3 is 14.8 Å². The number of hydrogen-bond donors (Lipinski definition) is 1. The number of rotatable bonds is 4. The Morgan fingerprint density at radius 3 is 3.11 bits per heavy atom. The molecule has 1 N–H and O–H groups in total. The highest BCUT2D eigenvalue weighted by Gasteiger charge is 2.17. The van der Waals surface area contributed by atoms with Gasteiger partial charge in [-0.2, -0.15) is 0 Å². The first kappa shape index (κ1) is 13.3. The zero-order valence-corrected chi connectivity index (χ0v) is 11.5. The number of hydrogen-bond acceptors (Lipinski definition) is 6. The van der Waals surface area contributed by atoms with E-state index in [1.165, 1.54) is 24.9 Å². The van der Waals surface area contributed by atoms with E-state index in [0.29, 0.717) is 10.6 Å². The first-order valence-corrected chi connectivity index (χ1v) is 6.93. The van der Waals surface area contributed by atoms with Gasteiger partial charge in [0.25, 0.3) is 0 Å². The van der Waals surface area contributed by atoms with E-state index < -0.39 is 0 Å². The number of nitrogens with one attached hydrogen (secondary N) is 1. The molecule has 2 rings (SSSR count). The van der Waals surface area contributed by atoms with E-state index in [1.54, 1.807) is 0 Å². The van der Waals surface area contributed by atoms with Crippen LogP contribution in [0, 0.1) is 6.92 Å². The van der Waals surface area contributed by atoms with Crippen LogP contribution in [0.25, 0.3) is 0 Å². The number of carbonyl (C=O) groups excluding carboxylic acids is 1. The van der Waals surface area contributed by atoms with Crippen LogP contribution >= 0.6 is 11.3 Å². The molecule has 1 fully saturated rings. The maximum atomic E-state index is 11.4. The molecule has 1 aromatic rings. The molecule has 1 saturated heterocycles. The Bertz CT molecular complexity index is 413. The first-order chi connectivity index (χ1) is 8.70. The number of methoxy groups -OCH3 is 1. The minimum Gasteiger partial charge on any atom is -0.465 e. The smallest absolute Gasteiger partial charge is 0.350 e. The van der Waals surface area contributed by atoms with Crippen LogP contribution in [-0.4, -0.2) is 37.3 Å². The Morgan fingerprint density at radius 2 is 2.44 bits per heavy atom. The minimum absolute atomic E-state index is 0.254. The van der Waals surface area contributed by atoms with Gasteiger partial charge in [-0.15, -0.1) is 0 Å². The molecule has 0 aromatic carbocycles. The molecule has 6 heteroatoms. The van der Waals surface area contributed by atoms with Crippen LogP contribution in [-0.2, 0) is 9.47 Å². The topological polar surface area (TPSA) is 60.5 Å². The van der Waals surface area contributed by atoms with Gasteiger partial charge in [0.2, 0.25) is 0 Å². The number of nitrogens with zero attached hydrogens (tertiary/aromatic N) is 1. The summed E-state index contributed by atoms with van der Waals surface area (Å²) in [6, 6.07) is 0. The fraction of sp³-hybridized carbons (Fsp3) is 0.667. The number of aryl methyl sites for hydroxylation is 1. The Kier molecular flexibility index (Phi) is 4.54. The molecule has 18 heavy (non-hydrogen) atoms. The van der Waals surface area contributed by atoms with Gasteiger partial charge in [-0.05, 0) is 26.2 Å². The van der Waals surface area contributed by atoms with Gasteiger partial charge in [0.05, 0.1) is 18.9 Å². The predicted molar refractivity (Wildman–Crippen MR) is 70.3 cm³/mol. The van der Waals surface area contributed by atoms with Crippen molar-refractivity contribution in [3.8, 4) is 0 Å². The van der Waals surface area contributed by atoms with Crippen LogP contribution in [0.3, 0.4) is 0 Å². The Morgan fingerprint density at radius 1 is 1.61 bits per heavy atom. The third kappa shape index (κ3) is 3.20. The van der Waals surface area contributed by atoms with Crippen molar-refractivity contribution in [2.45, 2.75) is 32.3 Å². The number of thiazole rings is 1. The average molecular weight is 270 g/mol. The molecule has 1 aliphatic rings. The van der Waals surface area contributed by atoms with Crippen LogP contribution < -0.4 is 5.32 Å². The third-order valence-electron chi connectivity index (χ3n) is 2.92. The van der Waals surface area contributed by atoms with Crippen molar-refractivity contribution in [3.05, 3.63) is 10.6 Å². The molecular formula is C12H18N2O3S. The van der Waals surface area contributed by atoms with E-state index >= 15 is 0 Å². The summed E-state index contributed by atoms with van der Waals surface area (Å²) < 4.78 is 10.3. The zero-order chi connectivity index (χ0) is 13.0. The van der Waals surface area contributed by atoms with Gasteiger partial charge in [0, 0.05) is 13.2 Å². The average Bonchev–Trinajstić information content (AvgIpc) is 2.78. The largest absolute Gasteiger partial charge is 0.465 e. The molecule has 0 saturated carbocycles.